The van der Waals surface area contributed by atoms with E-state index in [4.69, 9.17) is 0 Å². The number of hydrogen-bond acceptors (Lipinski definition) is 3. The van der Waals surface area contributed by atoms with Gasteiger partial charge in [0.1, 0.15) is 0 Å². The number of ether oxygens (including phenoxy) is 1. The summed E-state index contributed by atoms with van der Waals surface area (Å²) in [5.41, 5.74) is 0. The molecule has 0 atom stereocenters. The van der Waals surface area contributed by atoms with Gasteiger partial charge >= 0.3 is 0 Å². The van der Waals surface area contributed by atoms with Crippen molar-refractivity contribution in [3.8, 4) is 0 Å². The Hall–Kier alpha value is -0.0900. The molecule has 1 rings (SSSR count). The molecule has 0 aromatic heterocycles. The van der Waals surface area contributed by atoms with Gasteiger partial charge in [-0.25, -0.2) is 8.42 Å². The third-order valence-corrected chi connectivity index (χ3v) is 2.19. The van der Waals surface area contributed by atoms with Crippen LogP contribution in [0.1, 0.15) is 6.42 Å². The zero-order chi connectivity index (χ0) is 6.04. The molecule has 1 aliphatic heterocycles. The van der Waals surface area contributed by atoms with Crippen LogP contribution in [0.5, 0.6) is 0 Å². The molecule has 1 radical (unpaired) electrons. The molecule has 0 N–H and O–H groups in total. The third kappa shape index (κ3) is 1.45. The first-order valence-electron chi connectivity index (χ1n) is 2.38. The molecule has 0 bridgehead atoms. The standard InChI is InChI=1S/C4H7O3S/c5-8(6)3-1-2-7-4-8/h4H,1-3H2. The molecule has 0 aromatic carbocycles. The highest BCUT2D eigenvalue weighted by atomic mass is 32.2. The van der Waals surface area contributed by atoms with Crippen molar-refractivity contribution in [2.24, 2.45) is 0 Å². The third-order valence-electron chi connectivity index (χ3n) is 0.906. The minimum absolute atomic E-state index is 0.243. The Balaban J connectivity index is 2.58. The van der Waals surface area contributed by atoms with Crippen molar-refractivity contribution >= 4 is 9.84 Å². The monoisotopic (exact) mass is 135 g/mol. The zero-order valence-electron chi connectivity index (χ0n) is 4.33. The Morgan fingerprint density at radius 2 is 2.25 bits per heavy atom. The normalized spacial score (nSPS) is 27.5. The van der Waals surface area contributed by atoms with Gasteiger partial charge in [-0.15, -0.1) is 0 Å². The largest absolute Gasteiger partial charge is 0.359 e. The summed E-state index contributed by atoms with van der Waals surface area (Å²) in [4.78, 5) is 0. The van der Waals surface area contributed by atoms with Crippen LogP contribution in [0.25, 0.3) is 0 Å². The van der Waals surface area contributed by atoms with Crippen molar-refractivity contribution in [3.05, 3.63) is 5.94 Å². The number of rotatable bonds is 0. The van der Waals surface area contributed by atoms with Crippen molar-refractivity contribution in [3.63, 3.8) is 0 Å². The van der Waals surface area contributed by atoms with E-state index in [9.17, 15) is 8.42 Å². The van der Waals surface area contributed by atoms with Crippen LogP contribution in [0.2, 0.25) is 0 Å². The van der Waals surface area contributed by atoms with Crippen LogP contribution in [0.15, 0.2) is 0 Å². The van der Waals surface area contributed by atoms with Gasteiger partial charge in [0, 0.05) is 6.61 Å². The molecule has 0 amide bonds. The van der Waals surface area contributed by atoms with Crippen LogP contribution in [0, 0.1) is 5.94 Å². The van der Waals surface area contributed by atoms with Gasteiger partial charge < -0.3 is 4.74 Å². The van der Waals surface area contributed by atoms with Gasteiger partial charge in [0.2, 0.25) is 0 Å². The molecule has 0 aliphatic carbocycles. The molecule has 4 heteroatoms. The minimum Gasteiger partial charge on any atom is -0.359 e. The van der Waals surface area contributed by atoms with Crippen LogP contribution in [-0.2, 0) is 14.6 Å². The van der Waals surface area contributed by atoms with Gasteiger partial charge in [0.05, 0.1) is 5.75 Å². The van der Waals surface area contributed by atoms with E-state index >= 15 is 0 Å². The van der Waals surface area contributed by atoms with Crippen LogP contribution in [-0.4, -0.2) is 20.8 Å². The Morgan fingerprint density at radius 3 is 2.50 bits per heavy atom. The number of hydrogen-bond donors (Lipinski definition) is 0. The predicted octanol–water partition coefficient (Wildman–Crippen LogP) is -0.0592. The highest BCUT2D eigenvalue weighted by Gasteiger charge is 2.15. The molecule has 1 aliphatic rings. The molecule has 1 fully saturated rings. The van der Waals surface area contributed by atoms with E-state index < -0.39 is 9.84 Å². The first kappa shape index (κ1) is 6.04. The second kappa shape index (κ2) is 2.03. The Bertz CT molecular complexity index is 146. The van der Waals surface area contributed by atoms with Crippen molar-refractivity contribution in [1.82, 2.24) is 0 Å². The van der Waals surface area contributed by atoms with Gasteiger partial charge in [-0.2, -0.15) is 0 Å². The summed E-state index contributed by atoms with van der Waals surface area (Å²) in [7, 11) is -2.93. The summed E-state index contributed by atoms with van der Waals surface area (Å²) < 4.78 is 25.5. The maximum atomic E-state index is 10.5. The molecule has 1 saturated heterocycles. The Kier molecular flexibility index (Phi) is 1.53. The van der Waals surface area contributed by atoms with Crippen molar-refractivity contribution in [2.45, 2.75) is 6.42 Å². The second-order valence-electron chi connectivity index (χ2n) is 1.69. The first-order chi connectivity index (χ1) is 3.71. The van der Waals surface area contributed by atoms with E-state index in [1.807, 2.05) is 0 Å². The van der Waals surface area contributed by atoms with E-state index in [0.717, 1.165) is 5.94 Å². The average molecular weight is 135 g/mol. The Labute approximate surface area is 48.6 Å². The lowest BCUT2D eigenvalue weighted by atomic mass is 10.5. The van der Waals surface area contributed by atoms with Crippen molar-refractivity contribution in [2.75, 3.05) is 12.4 Å². The molecule has 0 aromatic rings. The lowest BCUT2D eigenvalue weighted by Crippen LogP contribution is -2.16. The quantitative estimate of drug-likeness (QED) is 0.467. The number of sulfone groups is 1. The molecule has 47 valence electrons. The summed E-state index contributed by atoms with van der Waals surface area (Å²) in [5.74, 6) is 1.17. The fraction of sp³-hybridized carbons (Fsp3) is 0.750. The predicted molar refractivity (Wildman–Crippen MR) is 28.7 cm³/mol. The zero-order valence-corrected chi connectivity index (χ0v) is 5.15. The minimum atomic E-state index is -2.93. The molecule has 1 heterocycles. The van der Waals surface area contributed by atoms with E-state index in [-0.39, 0.29) is 5.75 Å². The van der Waals surface area contributed by atoms with Gasteiger partial charge in [-0.3, -0.25) is 0 Å². The summed E-state index contributed by atoms with van der Waals surface area (Å²) in [6, 6.07) is 0. The summed E-state index contributed by atoms with van der Waals surface area (Å²) >= 11 is 0. The summed E-state index contributed by atoms with van der Waals surface area (Å²) in [5, 5.41) is 0. The molecular formula is C4H7O3S. The summed E-state index contributed by atoms with van der Waals surface area (Å²) in [6.45, 7) is 0.541. The first-order valence-corrected chi connectivity index (χ1v) is 4.10. The van der Waals surface area contributed by atoms with Gasteiger partial charge in [0.25, 0.3) is 0 Å². The summed E-state index contributed by atoms with van der Waals surface area (Å²) in [6.07, 6.45) is 0.624. The highest BCUT2D eigenvalue weighted by molar-refractivity contribution is 7.93. The molecular weight excluding hydrogens is 128 g/mol. The van der Waals surface area contributed by atoms with Crippen LogP contribution < -0.4 is 0 Å². The van der Waals surface area contributed by atoms with Crippen LogP contribution in [0.4, 0.5) is 0 Å². The Morgan fingerprint density at radius 1 is 1.50 bits per heavy atom. The van der Waals surface area contributed by atoms with E-state index in [1.165, 1.54) is 0 Å². The fourth-order valence-corrected chi connectivity index (χ4v) is 1.46. The second-order valence-corrected chi connectivity index (χ2v) is 3.61. The van der Waals surface area contributed by atoms with E-state index in [2.05, 4.69) is 4.74 Å². The molecule has 0 saturated carbocycles. The maximum absolute atomic E-state index is 10.5. The van der Waals surface area contributed by atoms with E-state index in [0.29, 0.717) is 13.0 Å². The molecule has 0 unspecified atom stereocenters. The van der Waals surface area contributed by atoms with Gasteiger partial charge in [0.15, 0.2) is 15.8 Å². The van der Waals surface area contributed by atoms with Gasteiger partial charge in [-0.1, -0.05) is 0 Å². The van der Waals surface area contributed by atoms with E-state index in [1.54, 1.807) is 0 Å². The topological polar surface area (TPSA) is 43.4 Å². The van der Waals surface area contributed by atoms with Crippen molar-refractivity contribution < 1.29 is 13.2 Å². The average Bonchev–Trinajstić information content (AvgIpc) is 1.65. The molecule has 0 spiro atoms. The lowest BCUT2D eigenvalue weighted by Gasteiger charge is -2.08. The maximum Gasteiger partial charge on any atom is 0.199 e. The SMILES string of the molecule is O=S1(=O)[CH]OCCC1. The molecule has 8 heavy (non-hydrogen) atoms. The van der Waals surface area contributed by atoms with Crippen molar-refractivity contribution in [1.29, 1.82) is 0 Å². The fourth-order valence-electron chi connectivity index (χ4n) is 0.543. The van der Waals surface area contributed by atoms with Gasteiger partial charge in [-0.05, 0) is 6.42 Å². The van der Waals surface area contributed by atoms with Crippen LogP contribution in [0.3, 0.4) is 0 Å². The lowest BCUT2D eigenvalue weighted by molar-refractivity contribution is 0.216. The highest BCUT2D eigenvalue weighted by Crippen LogP contribution is 2.06. The smallest absolute Gasteiger partial charge is 0.199 e. The van der Waals surface area contributed by atoms with Crippen LogP contribution >= 0.6 is 0 Å². The molecule has 3 nitrogen and oxygen atoms in total.